The molecule has 0 unspecified atom stereocenters. The fraction of sp³-hybridized carbons (Fsp3) is 0.316. The lowest BCUT2D eigenvalue weighted by molar-refractivity contribution is -0.134. The van der Waals surface area contributed by atoms with Crippen LogP contribution in [-0.4, -0.2) is 63.4 Å². The number of amides is 1. The van der Waals surface area contributed by atoms with Crippen LogP contribution in [0.15, 0.2) is 57.9 Å². The van der Waals surface area contributed by atoms with E-state index in [1.807, 2.05) is 18.2 Å². The van der Waals surface area contributed by atoms with Gasteiger partial charge in [-0.15, -0.1) is 0 Å². The fourth-order valence-electron chi connectivity index (χ4n) is 2.87. The largest absolute Gasteiger partial charge is 0.497 e. The number of para-hydroxylation sites is 1. The molecule has 1 aliphatic rings. The van der Waals surface area contributed by atoms with Gasteiger partial charge in [0.05, 0.1) is 16.5 Å². The molecule has 0 spiro atoms. The second-order valence-corrected chi connectivity index (χ2v) is 8.97. The summed E-state index contributed by atoms with van der Waals surface area (Å²) in [5.41, 5.74) is 0. The Bertz CT molecular complexity index is 926. The zero-order chi connectivity index (χ0) is 20.1. The predicted octanol–water partition coefficient (Wildman–Crippen LogP) is 2.37. The maximum atomic E-state index is 12.8. The first-order chi connectivity index (χ1) is 13.4. The number of sulfonamides is 1. The molecule has 2 aromatic rings. The Kier molecular flexibility index (Phi) is 6.58. The lowest BCUT2D eigenvalue weighted by atomic mass is 10.3. The van der Waals surface area contributed by atoms with E-state index in [1.165, 1.54) is 23.5 Å². The van der Waals surface area contributed by atoms with E-state index in [0.29, 0.717) is 24.6 Å². The molecular weight excluding hydrogens is 448 g/mol. The highest BCUT2D eigenvalue weighted by Gasteiger charge is 2.30. The first-order valence-electron chi connectivity index (χ1n) is 8.71. The summed E-state index contributed by atoms with van der Waals surface area (Å²) >= 11 is 3.37. The van der Waals surface area contributed by atoms with E-state index >= 15 is 0 Å². The fourth-order valence-corrected chi connectivity index (χ4v) is 4.69. The van der Waals surface area contributed by atoms with Crippen LogP contribution in [0.25, 0.3) is 0 Å². The normalized spacial score (nSPS) is 15.3. The van der Waals surface area contributed by atoms with Gasteiger partial charge in [-0.3, -0.25) is 4.79 Å². The second-order valence-electron chi connectivity index (χ2n) is 6.18. The van der Waals surface area contributed by atoms with Gasteiger partial charge in [0.25, 0.3) is 5.91 Å². The molecule has 0 radical (unpaired) electrons. The van der Waals surface area contributed by atoms with Crippen molar-refractivity contribution in [3.8, 4) is 11.5 Å². The number of carbonyl (C=O) groups is 1. The molecule has 0 saturated carbocycles. The minimum atomic E-state index is -3.59. The molecule has 1 aliphatic heterocycles. The topological polar surface area (TPSA) is 76.2 Å². The van der Waals surface area contributed by atoms with Crippen LogP contribution in [0, 0.1) is 0 Å². The number of hydrogen-bond donors (Lipinski definition) is 0. The predicted molar refractivity (Wildman–Crippen MR) is 108 cm³/mol. The van der Waals surface area contributed by atoms with Gasteiger partial charge < -0.3 is 14.4 Å². The molecule has 0 N–H and O–H groups in total. The van der Waals surface area contributed by atoms with E-state index in [1.54, 1.807) is 23.1 Å². The van der Waals surface area contributed by atoms with Crippen LogP contribution in [0.1, 0.15) is 0 Å². The Balaban J connectivity index is 1.55. The third-order valence-electron chi connectivity index (χ3n) is 4.48. The van der Waals surface area contributed by atoms with Crippen molar-refractivity contribution in [3.05, 3.63) is 53.0 Å². The Morgan fingerprint density at radius 3 is 2.29 bits per heavy atom. The third-order valence-corrected chi connectivity index (χ3v) is 7.04. The van der Waals surface area contributed by atoms with Crippen molar-refractivity contribution in [1.82, 2.24) is 9.21 Å². The zero-order valence-corrected chi connectivity index (χ0v) is 17.8. The van der Waals surface area contributed by atoms with Gasteiger partial charge in [-0.1, -0.05) is 12.1 Å². The summed E-state index contributed by atoms with van der Waals surface area (Å²) in [5, 5.41) is 0. The average molecular weight is 469 g/mol. The summed E-state index contributed by atoms with van der Waals surface area (Å²) in [6.45, 7) is 1.05. The minimum Gasteiger partial charge on any atom is -0.497 e. The Hall–Kier alpha value is -2.10. The summed E-state index contributed by atoms with van der Waals surface area (Å²) in [7, 11) is -2.07. The van der Waals surface area contributed by atoms with Gasteiger partial charge in [0.15, 0.2) is 6.61 Å². The third kappa shape index (κ3) is 4.65. The molecule has 0 aromatic heterocycles. The smallest absolute Gasteiger partial charge is 0.260 e. The molecule has 9 heteroatoms. The minimum absolute atomic E-state index is 0.0894. The molecule has 150 valence electrons. The molecule has 0 atom stereocenters. The van der Waals surface area contributed by atoms with Crippen LogP contribution in [-0.2, 0) is 14.8 Å². The van der Waals surface area contributed by atoms with E-state index in [4.69, 9.17) is 9.47 Å². The van der Waals surface area contributed by atoms with Gasteiger partial charge in [-0.05, 0) is 52.3 Å². The van der Waals surface area contributed by atoms with Crippen molar-refractivity contribution in [3.63, 3.8) is 0 Å². The maximum Gasteiger partial charge on any atom is 0.260 e. The molecule has 0 bridgehead atoms. The Labute approximate surface area is 173 Å². The number of methoxy groups -OCH3 is 1. The van der Waals surface area contributed by atoms with Crippen molar-refractivity contribution in [1.29, 1.82) is 0 Å². The molecule has 1 amide bonds. The van der Waals surface area contributed by atoms with E-state index in [2.05, 4.69) is 15.9 Å². The van der Waals surface area contributed by atoms with E-state index in [9.17, 15) is 13.2 Å². The first kappa shape index (κ1) is 20.6. The lowest BCUT2D eigenvalue weighted by Crippen LogP contribution is -2.51. The second kappa shape index (κ2) is 8.93. The number of rotatable bonds is 6. The maximum absolute atomic E-state index is 12.8. The highest BCUT2D eigenvalue weighted by atomic mass is 79.9. The number of nitrogens with zero attached hydrogens (tertiary/aromatic N) is 2. The van der Waals surface area contributed by atoms with Crippen molar-refractivity contribution < 1.29 is 22.7 Å². The van der Waals surface area contributed by atoms with E-state index in [-0.39, 0.29) is 30.5 Å². The molecule has 1 fully saturated rings. The Morgan fingerprint density at radius 1 is 1.04 bits per heavy atom. The van der Waals surface area contributed by atoms with Gasteiger partial charge in [0.1, 0.15) is 11.5 Å². The Morgan fingerprint density at radius 2 is 1.68 bits per heavy atom. The van der Waals surface area contributed by atoms with Crippen LogP contribution in [0.2, 0.25) is 0 Å². The van der Waals surface area contributed by atoms with Gasteiger partial charge in [0.2, 0.25) is 10.0 Å². The number of hydrogen-bond acceptors (Lipinski definition) is 5. The first-order valence-corrected chi connectivity index (χ1v) is 10.9. The molecule has 7 nitrogen and oxygen atoms in total. The van der Waals surface area contributed by atoms with Crippen molar-refractivity contribution in [2.75, 3.05) is 39.9 Å². The van der Waals surface area contributed by atoms with Gasteiger partial charge in [-0.2, -0.15) is 4.31 Å². The summed E-state index contributed by atoms with van der Waals surface area (Å²) < 4.78 is 38.3. The van der Waals surface area contributed by atoms with E-state index in [0.717, 1.165) is 4.47 Å². The molecule has 28 heavy (non-hydrogen) atoms. The van der Waals surface area contributed by atoms with E-state index < -0.39 is 10.0 Å². The zero-order valence-electron chi connectivity index (χ0n) is 15.4. The molecule has 1 saturated heterocycles. The van der Waals surface area contributed by atoms with Crippen LogP contribution in [0.4, 0.5) is 0 Å². The summed E-state index contributed by atoms with van der Waals surface area (Å²) in [5.74, 6) is 1.02. The van der Waals surface area contributed by atoms with Crippen LogP contribution in [0.5, 0.6) is 11.5 Å². The standard InChI is InChI=1S/C19H21BrN2O5S/c1-26-15-6-8-16(9-7-15)28(24,25)22-12-10-21(11-13-22)19(23)14-27-18-5-3-2-4-17(18)20/h2-9H,10-14H2,1H3. The molecular formula is C19H21BrN2O5S. The lowest BCUT2D eigenvalue weighted by Gasteiger charge is -2.34. The highest BCUT2D eigenvalue weighted by Crippen LogP contribution is 2.24. The molecule has 2 aromatic carbocycles. The monoisotopic (exact) mass is 468 g/mol. The number of piperazine rings is 1. The number of benzene rings is 2. The average Bonchev–Trinajstić information content (AvgIpc) is 2.73. The molecule has 1 heterocycles. The summed E-state index contributed by atoms with van der Waals surface area (Å²) in [4.78, 5) is 14.2. The SMILES string of the molecule is COc1ccc(S(=O)(=O)N2CCN(C(=O)COc3ccccc3Br)CC2)cc1. The number of halogens is 1. The van der Waals surface area contributed by atoms with Crippen molar-refractivity contribution >= 4 is 31.9 Å². The molecule has 3 rings (SSSR count). The van der Waals surface area contributed by atoms with Gasteiger partial charge in [0, 0.05) is 26.2 Å². The van der Waals surface area contributed by atoms with Crippen LogP contribution < -0.4 is 9.47 Å². The number of carbonyl (C=O) groups excluding carboxylic acids is 1. The van der Waals surface area contributed by atoms with Crippen molar-refractivity contribution in [2.24, 2.45) is 0 Å². The quantitative estimate of drug-likeness (QED) is 0.650. The van der Waals surface area contributed by atoms with Crippen LogP contribution in [0.3, 0.4) is 0 Å². The summed E-state index contributed by atoms with van der Waals surface area (Å²) in [6, 6.07) is 13.6. The van der Waals surface area contributed by atoms with Gasteiger partial charge >= 0.3 is 0 Å². The number of ether oxygens (including phenoxy) is 2. The van der Waals surface area contributed by atoms with Crippen LogP contribution >= 0.6 is 15.9 Å². The molecule has 0 aliphatic carbocycles. The van der Waals surface area contributed by atoms with Crippen molar-refractivity contribution in [2.45, 2.75) is 4.90 Å². The highest BCUT2D eigenvalue weighted by molar-refractivity contribution is 9.10. The van der Waals surface area contributed by atoms with Gasteiger partial charge in [-0.25, -0.2) is 8.42 Å². The summed E-state index contributed by atoms with van der Waals surface area (Å²) in [6.07, 6.45) is 0.